The van der Waals surface area contributed by atoms with Gasteiger partial charge >= 0.3 is 0 Å². The van der Waals surface area contributed by atoms with Crippen molar-refractivity contribution in [2.75, 3.05) is 11.9 Å². The molecule has 17 heavy (non-hydrogen) atoms. The Morgan fingerprint density at radius 2 is 1.94 bits per heavy atom. The first-order valence-corrected chi connectivity index (χ1v) is 5.99. The van der Waals surface area contributed by atoms with Gasteiger partial charge in [-0.25, -0.2) is 4.39 Å². The third kappa shape index (κ3) is 3.48. The van der Waals surface area contributed by atoms with E-state index in [0.29, 0.717) is 11.7 Å². The van der Waals surface area contributed by atoms with E-state index in [1.807, 2.05) is 0 Å². The van der Waals surface area contributed by atoms with Crippen LogP contribution < -0.4 is 10.6 Å². The molecular weight excluding hydrogens is 266 g/mol. The van der Waals surface area contributed by atoms with Gasteiger partial charge in [0.1, 0.15) is 0 Å². The van der Waals surface area contributed by atoms with Gasteiger partial charge in [-0.15, -0.1) is 0 Å². The molecule has 1 aliphatic rings. The molecule has 1 aromatic carbocycles. The van der Waals surface area contributed by atoms with E-state index in [0.717, 1.165) is 12.8 Å². The van der Waals surface area contributed by atoms with Crippen molar-refractivity contribution in [2.24, 2.45) is 0 Å². The Morgan fingerprint density at radius 1 is 1.35 bits per heavy atom. The zero-order valence-corrected chi connectivity index (χ0v) is 10.4. The molecule has 0 bridgehead atoms. The van der Waals surface area contributed by atoms with Crippen molar-refractivity contribution in [3.63, 3.8) is 0 Å². The minimum Gasteiger partial charge on any atom is -0.376 e. The number of anilines is 1. The van der Waals surface area contributed by atoms with E-state index in [1.54, 1.807) is 0 Å². The molecular formula is C11H11Cl2FN2O. The Morgan fingerprint density at radius 3 is 2.47 bits per heavy atom. The van der Waals surface area contributed by atoms with Crippen LogP contribution in [0.5, 0.6) is 0 Å². The summed E-state index contributed by atoms with van der Waals surface area (Å²) in [6.07, 6.45) is 2.08. The molecule has 2 rings (SSSR count). The molecule has 1 fully saturated rings. The largest absolute Gasteiger partial charge is 0.376 e. The van der Waals surface area contributed by atoms with Crippen molar-refractivity contribution in [1.82, 2.24) is 5.32 Å². The molecule has 3 nitrogen and oxygen atoms in total. The standard InChI is InChI=1S/C11H11Cl2FN2O/c12-8-3-7(4-9(13)11(8)14)15-5-10(17)16-6-1-2-6/h3-4,6,15H,1-2,5H2,(H,16,17). The number of carbonyl (C=O) groups excluding carboxylic acids is 1. The topological polar surface area (TPSA) is 41.1 Å². The molecule has 0 saturated heterocycles. The number of benzene rings is 1. The van der Waals surface area contributed by atoms with Crippen LogP contribution in [0.25, 0.3) is 0 Å². The monoisotopic (exact) mass is 276 g/mol. The van der Waals surface area contributed by atoms with E-state index in [1.165, 1.54) is 12.1 Å². The number of halogens is 3. The Balaban J connectivity index is 1.91. The summed E-state index contributed by atoms with van der Waals surface area (Å²) in [5.41, 5.74) is 0.521. The molecule has 0 aromatic heterocycles. The summed E-state index contributed by atoms with van der Waals surface area (Å²) in [6.45, 7) is 0.120. The van der Waals surface area contributed by atoms with Crippen molar-refractivity contribution in [3.8, 4) is 0 Å². The first kappa shape index (κ1) is 12.5. The number of hydrogen-bond acceptors (Lipinski definition) is 2. The lowest BCUT2D eigenvalue weighted by Crippen LogP contribution is -2.31. The fraction of sp³-hybridized carbons (Fsp3) is 0.364. The van der Waals surface area contributed by atoms with Crippen LogP contribution in [0.3, 0.4) is 0 Å². The van der Waals surface area contributed by atoms with Crippen molar-refractivity contribution in [3.05, 3.63) is 28.0 Å². The second-order valence-corrected chi connectivity index (χ2v) is 4.76. The summed E-state index contributed by atoms with van der Waals surface area (Å²) in [4.78, 5) is 11.4. The predicted octanol–water partition coefficient (Wildman–Crippen LogP) is 2.82. The molecule has 0 unspecified atom stereocenters. The fourth-order valence-electron chi connectivity index (χ4n) is 1.35. The van der Waals surface area contributed by atoms with Crippen LogP contribution in [-0.2, 0) is 4.79 Å². The molecule has 6 heteroatoms. The first-order valence-electron chi connectivity index (χ1n) is 5.24. The third-order valence-electron chi connectivity index (χ3n) is 2.38. The second-order valence-electron chi connectivity index (χ2n) is 3.95. The van der Waals surface area contributed by atoms with E-state index in [-0.39, 0.29) is 22.5 Å². The average Bonchev–Trinajstić information content (AvgIpc) is 3.06. The molecule has 1 aliphatic carbocycles. The maximum Gasteiger partial charge on any atom is 0.239 e. The molecule has 0 aliphatic heterocycles. The minimum absolute atomic E-state index is 0.0670. The quantitative estimate of drug-likeness (QED) is 0.831. The van der Waals surface area contributed by atoms with E-state index < -0.39 is 5.82 Å². The highest BCUT2D eigenvalue weighted by Crippen LogP contribution is 2.27. The maximum atomic E-state index is 13.1. The van der Waals surface area contributed by atoms with Gasteiger partial charge in [-0.3, -0.25) is 4.79 Å². The molecule has 0 atom stereocenters. The lowest BCUT2D eigenvalue weighted by atomic mass is 10.3. The van der Waals surface area contributed by atoms with Crippen molar-refractivity contribution < 1.29 is 9.18 Å². The number of nitrogens with one attached hydrogen (secondary N) is 2. The molecule has 92 valence electrons. The van der Waals surface area contributed by atoms with Crippen LogP contribution in [0.1, 0.15) is 12.8 Å². The second kappa shape index (κ2) is 5.10. The lowest BCUT2D eigenvalue weighted by Gasteiger charge is -2.08. The van der Waals surface area contributed by atoms with Crippen LogP contribution >= 0.6 is 23.2 Å². The minimum atomic E-state index is -0.652. The summed E-state index contributed by atoms with van der Waals surface area (Å²) < 4.78 is 13.1. The van der Waals surface area contributed by atoms with Gasteiger partial charge in [0.25, 0.3) is 0 Å². The summed E-state index contributed by atoms with van der Waals surface area (Å²) >= 11 is 11.3. The lowest BCUT2D eigenvalue weighted by molar-refractivity contribution is -0.119. The van der Waals surface area contributed by atoms with Gasteiger partial charge in [-0.1, -0.05) is 23.2 Å². The Labute approximate surface area is 108 Å². The molecule has 2 N–H and O–H groups in total. The summed E-state index contributed by atoms with van der Waals surface area (Å²) in [5, 5.41) is 5.53. The predicted molar refractivity (Wildman–Crippen MR) is 66.1 cm³/mol. The molecule has 1 aromatic rings. The SMILES string of the molecule is O=C(CNc1cc(Cl)c(F)c(Cl)c1)NC1CC1. The zero-order chi connectivity index (χ0) is 12.4. The molecule has 1 saturated carbocycles. The highest BCUT2D eigenvalue weighted by Gasteiger charge is 2.22. The van der Waals surface area contributed by atoms with Crippen LogP contribution in [0.4, 0.5) is 10.1 Å². The Bertz CT molecular complexity index is 426. The fourth-order valence-corrected chi connectivity index (χ4v) is 1.83. The average molecular weight is 277 g/mol. The molecule has 0 heterocycles. The first-order chi connectivity index (χ1) is 8.06. The highest BCUT2D eigenvalue weighted by atomic mass is 35.5. The smallest absolute Gasteiger partial charge is 0.239 e. The molecule has 0 radical (unpaired) electrons. The highest BCUT2D eigenvalue weighted by molar-refractivity contribution is 6.35. The van der Waals surface area contributed by atoms with Gasteiger partial charge < -0.3 is 10.6 Å². The van der Waals surface area contributed by atoms with Gasteiger partial charge in [0, 0.05) is 11.7 Å². The van der Waals surface area contributed by atoms with Crippen molar-refractivity contribution in [2.45, 2.75) is 18.9 Å². The van der Waals surface area contributed by atoms with E-state index in [4.69, 9.17) is 23.2 Å². The number of carbonyl (C=O) groups is 1. The Hall–Kier alpha value is -1.00. The van der Waals surface area contributed by atoms with Gasteiger partial charge in [0.15, 0.2) is 5.82 Å². The summed E-state index contributed by atoms with van der Waals surface area (Å²) in [6, 6.07) is 3.12. The maximum absolute atomic E-state index is 13.1. The number of rotatable bonds is 4. The van der Waals surface area contributed by atoms with Crippen LogP contribution in [0.2, 0.25) is 10.0 Å². The Kier molecular flexibility index (Phi) is 3.74. The normalized spacial score (nSPS) is 14.5. The van der Waals surface area contributed by atoms with Gasteiger partial charge in [0.05, 0.1) is 16.6 Å². The number of amides is 1. The van der Waals surface area contributed by atoms with Crippen LogP contribution in [0.15, 0.2) is 12.1 Å². The van der Waals surface area contributed by atoms with Crippen molar-refractivity contribution in [1.29, 1.82) is 0 Å². The van der Waals surface area contributed by atoms with Crippen LogP contribution in [-0.4, -0.2) is 18.5 Å². The molecule has 1 amide bonds. The zero-order valence-electron chi connectivity index (χ0n) is 8.90. The van der Waals surface area contributed by atoms with Gasteiger partial charge in [-0.2, -0.15) is 0 Å². The molecule has 0 spiro atoms. The van der Waals surface area contributed by atoms with Crippen molar-refractivity contribution >= 4 is 34.8 Å². The van der Waals surface area contributed by atoms with Crippen LogP contribution in [0, 0.1) is 5.82 Å². The summed E-state index contributed by atoms with van der Waals surface area (Å²) in [5.74, 6) is -0.745. The van der Waals surface area contributed by atoms with E-state index in [2.05, 4.69) is 10.6 Å². The van der Waals surface area contributed by atoms with E-state index in [9.17, 15) is 9.18 Å². The summed E-state index contributed by atoms with van der Waals surface area (Å²) in [7, 11) is 0. The number of hydrogen-bond donors (Lipinski definition) is 2. The third-order valence-corrected chi connectivity index (χ3v) is 2.93. The van der Waals surface area contributed by atoms with Gasteiger partial charge in [0.2, 0.25) is 5.91 Å². The van der Waals surface area contributed by atoms with E-state index >= 15 is 0 Å². The van der Waals surface area contributed by atoms with Gasteiger partial charge in [-0.05, 0) is 25.0 Å².